The number of hydrogen-bond donors (Lipinski definition) is 2. The summed E-state index contributed by atoms with van der Waals surface area (Å²) < 4.78 is 30.6. The number of nitrogens with two attached hydrogens (primary N) is 1. The Hall–Kier alpha value is -2.48. The number of hydrogen-bond acceptors (Lipinski definition) is 4. The fourth-order valence-electron chi connectivity index (χ4n) is 5.05. The molecular formula is C22H25F2N3O3. The molecule has 1 aromatic carbocycles. The van der Waals surface area contributed by atoms with Crippen molar-refractivity contribution < 1.29 is 18.7 Å². The van der Waals surface area contributed by atoms with Gasteiger partial charge < -0.3 is 20.3 Å². The maximum atomic E-state index is 15.2. The number of aromatic nitrogens is 1. The van der Waals surface area contributed by atoms with Gasteiger partial charge in [-0.3, -0.25) is 4.79 Å². The van der Waals surface area contributed by atoms with E-state index in [0.717, 1.165) is 31.7 Å². The van der Waals surface area contributed by atoms with E-state index in [1.807, 2.05) is 4.90 Å². The van der Waals surface area contributed by atoms with Gasteiger partial charge in [-0.1, -0.05) is 0 Å². The summed E-state index contributed by atoms with van der Waals surface area (Å²) >= 11 is 0. The van der Waals surface area contributed by atoms with Gasteiger partial charge in [0.15, 0.2) is 0 Å². The average Bonchev–Trinajstić information content (AvgIpc) is 3.53. The fourth-order valence-corrected chi connectivity index (χ4v) is 5.05. The highest BCUT2D eigenvalue weighted by Gasteiger charge is 2.43. The first-order chi connectivity index (χ1) is 14.2. The lowest BCUT2D eigenvalue weighted by atomic mass is 9.98. The number of anilines is 1. The molecule has 160 valence electrons. The van der Waals surface area contributed by atoms with Crippen LogP contribution >= 0.6 is 0 Å². The monoisotopic (exact) mass is 417 g/mol. The number of carboxylic acid groups (broad SMARTS) is 1. The third kappa shape index (κ3) is 3.09. The van der Waals surface area contributed by atoms with Gasteiger partial charge in [0, 0.05) is 36.6 Å². The first kappa shape index (κ1) is 19.5. The van der Waals surface area contributed by atoms with Gasteiger partial charge in [-0.25, -0.2) is 13.6 Å². The summed E-state index contributed by atoms with van der Waals surface area (Å²) in [7, 11) is 0. The van der Waals surface area contributed by atoms with Crippen molar-refractivity contribution in [2.75, 3.05) is 18.0 Å². The molecule has 3 unspecified atom stereocenters. The number of alkyl halides is 1. The molecule has 3 N–H and O–H groups in total. The van der Waals surface area contributed by atoms with Crippen molar-refractivity contribution >= 4 is 22.6 Å². The number of carbonyl (C=O) groups is 1. The molecule has 5 rings (SSSR count). The number of nitrogens with zero attached hydrogens (tertiary/aromatic N) is 2. The molecule has 0 bridgehead atoms. The molecule has 2 heterocycles. The van der Waals surface area contributed by atoms with Crippen molar-refractivity contribution in [3.8, 4) is 0 Å². The second-order valence-electron chi connectivity index (χ2n) is 9.30. The van der Waals surface area contributed by atoms with Gasteiger partial charge in [-0.05, 0) is 50.2 Å². The summed E-state index contributed by atoms with van der Waals surface area (Å²) in [4.78, 5) is 26.2. The number of carboxylic acids is 1. The maximum absolute atomic E-state index is 15.2. The molecule has 30 heavy (non-hydrogen) atoms. The Morgan fingerprint density at radius 2 is 2.10 bits per heavy atom. The van der Waals surface area contributed by atoms with E-state index < -0.39 is 35.0 Å². The Bertz CT molecular complexity index is 1130. The average molecular weight is 417 g/mol. The summed E-state index contributed by atoms with van der Waals surface area (Å²) in [5.74, 6) is -1.55. The minimum Gasteiger partial charge on any atom is -0.477 e. The minimum absolute atomic E-state index is 0.0117. The second-order valence-corrected chi connectivity index (χ2v) is 9.30. The summed E-state index contributed by atoms with van der Waals surface area (Å²) in [6.07, 6.45) is 4.30. The standard InChI is InChI=1S/C22H25F2N3O3/c1-11-18-13(20(28)14(21(29)30)10-27(18)17-7-15(17)23)6-16(24)19(11)26-5-2-12(9-26)8-22(25)3-4-22/h6,10,12,15,17H,2-5,7-9,25H2,1H3,(H,29,30). The predicted octanol–water partition coefficient (Wildman–Crippen LogP) is 3.14. The Morgan fingerprint density at radius 1 is 1.40 bits per heavy atom. The van der Waals surface area contributed by atoms with E-state index in [-0.39, 0.29) is 17.3 Å². The highest BCUT2D eigenvalue weighted by Crippen LogP contribution is 2.44. The molecule has 2 aliphatic carbocycles. The Balaban J connectivity index is 1.61. The number of rotatable bonds is 5. The Kier molecular flexibility index (Phi) is 4.23. The molecule has 1 aromatic heterocycles. The zero-order chi connectivity index (χ0) is 21.4. The zero-order valence-electron chi connectivity index (χ0n) is 16.8. The summed E-state index contributed by atoms with van der Waals surface area (Å²) in [6, 6.07) is 0.596. The maximum Gasteiger partial charge on any atom is 0.341 e. The molecule has 0 spiro atoms. The number of aryl methyl sites for hydroxylation is 1. The van der Waals surface area contributed by atoms with Gasteiger partial charge in [-0.2, -0.15) is 0 Å². The molecule has 0 radical (unpaired) electrons. The quantitative estimate of drug-likeness (QED) is 0.780. The van der Waals surface area contributed by atoms with Crippen LogP contribution in [-0.4, -0.2) is 40.4 Å². The molecular weight excluding hydrogens is 392 g/mol. The predicted molar refractivity (Wildman–Crippen MR) is 110 cm³/mol. The summed E-state index contributed by atoms with van der Waals surface area (Å²) in [6.45, 7) is 3.11. The largest absolute Gasteiger partial charge is 0.477 e. The number of aromatic carboxylic acids is 1. The lowest BCUT2D eigenvalue weighted by Gasteiger charge is -2.25. The van der Waals surface area contributed by atoms with Crippen LogP contribution in [-0.2, 0) is 0 Å². The van der Waals surface area contributed by atoms with E-state index in [4.69, 9.17) is 5.73 Å². The topological polar surface area (TPSA) is 88.6 Å². The molecule has 1 saturated heterocycles. The van der Waals surface area contributed by atoms with Gasteiger partial charge in [0.25, 0.3) is 0 Å². The van der Waals surface area contributed by atoms with Crippen LogP contribution in [0.15, 0.2) is 17.1 Å². The van der Waals surface area contributed by atoms with E-state index in [1.165, 1.54) is 10.8 Å². The Morgan fingerprint density at radius 3 is 2.70 bits per heavy atom. The third-order valence-electron chi connectivity index (χ3n) is 6.94. The van der Waals surface area contributed by atoms with Crippen molar-refractivity contribution in [2.24, 2.45) is 11.7 Å². The number of fused-ring (bicyclic) bond motifs is 1. The van der Waals surface area contributed by atoms with E-state index in [2.05, 4.69) is 0 Å². The highest BCUT2D eigenvalue weighted by atomic mass is 19.1. The smallest absolute Gasteiger partial charge is 0.341 e. The van der Waals surface area contributed by atoms with Crippen LogP contribution in [0.4, 0.5) is 14.5 Å². The van der Waals surface area contributed by atoms with Crippen LogP contribution < -0.4 is 16.1 Å². The molecule has 2 aromatic rings. The minimum atomic E-state index is -1.40. The molecule has 3 aliphatic rings. The van der Waals surface area contributed by atoms with Crippen molar-refractivity contribution in [3.63, 3.8) is 0 Å². The van der Waals surface area contributed by atoms with E-state index >= 15 is 4.39 Å². The second kappa shape index (κ2) is 6.51. The van der Waals surface area contributed by atoms with Crippen molar-refractivity contribution in [3.05, 3.63) is 39.4 Å². The summed E-state index contributed by atoms with van der Waals surface area (Å²) in [5.41, 5.74) is 6.38. The lowest BCUT2D eigenvalue weighted by molar-refractivity contribution is 0.0694. The van der Waals surface area contributed by atoms with Crippen LogP contribution in [0.5, 0.6) is 0 Å². The molecule has 3 fully saturated rings. The van der Waals surface area contributed by atoms with Crippen molar-refractivity contribution in [1.29, 1.82) is 0 Å². The van der Waals surface area contributed by atoms with Crippen LogP contribution in [0, 0.1) is 18.7 Å². The molecule has 6 nitrogen and oxygen atoms in total. The van der Waals surface area contributed by atoms with E-state index in [1.54, 1.807) is 6.92 Å². The van der Waals surface area contributed by atoms with Gasteiger partial charge in [0.1, 0.15) is 17.6 Å². The Labute approximate surface area is 172 Å². The van der Waals surface area contributed by atoms with Gasteiger partial charge in [0.05, 0.1) is 17.2 Å². The van der Waals surface area contributed by atoms with Gasteiger partial charge >= 0.3 is 5.97 Å². The first-order valence-corrected chi connectivity index (χ1v) is 10.5. The van der Waals surface area contributed by atoms with Crippen molar-refractivity contribution in [1.82, 2.24) is 4.57 Å². The SMILES string of the molecule is Cc1c(N2CCC(CC3(N)CC3)C2)c(F)cc2c(=O)c(C(=O)O)cn(C3CC3F)c12. The molecule has 0 amide bonds. The van der Waals surface area contributed by atoms with Crippen LogP contribution in [0.2, 0.25) is 0 Å². The number of benzene rings is 1. The third-order valence-corrected chi connectivity index (χ3v) is 6.94. The molecule has 8 heteroatoms. The van der Waals surface area contributed by atoms with Crippen LogP contribution in [0.25, 0.3) is 10.9 Å². The van der Waals surface area contributed by atoms with Crippen molar-refractivity contribution in [2.45, 2.75) is 56.8 Å². The summed E-state index contributed by atoms with van der Waals surface area (Å²) in [5, 5.41) is 9.38. The van der Waals surface area contributed by atoms with Crippen LogP contribution in [0.1, 0.15) is 54.1 Å². The normalized spacial score (nSPS) is 26.9. The molecule has 3 atom stereocenters. The number of pyridine rings is 1. The molecule has 1 aliphatic heterocycles. The van der Waals surface area contributed by atoms with Gasteiger partial charge in [0.2, 0.25) is 5.43 Å². The van der Waals surface area contributed by atoms with Gasteiger partial charge in [-0.15, -0.1) is 0 Å². The van der Waals surface area contributed by atoms with Crippen LogP contribution in [0.3, 0.4) is 0 Å². The number of halogens is 2. The first-order valence-electron chi connectivity index (χ1n) is 10.5. The zero-order valence-corrected chi connectivity index (χ0v) is 16.8. The van der Waals surface area contributed by atoms with E-state index in [0.29, 0.717) is 35.8 Å². The molecule has 2 saturated carbocycles. The van der Waals surface area contributed by atoms with E-state index in [9.17, 15) is 19.1 Å². The highest BCUT2D eigenvalue weighted by molar-refractivity contribution is 5.95. The lowest BCUT2D eigenvalue weighted by Crippen LogP contribution is -2.28. The fraction of sp³-hybridized carbons (Fsp3) is 0.545.